The maximum atomic E-state index is 6.71. The molecule has 0 radical (unpaired) electrons. The molecule has 2 nitrogen and oxygen atoms in total. The third-order valence-electron chi connectivity index (χ3n) is 14.9. The van der Waals surface area contributed by atoms with E-state index >= 15 is 0 Å². The summed E-state index contributed by atoms with van der Waals surface area (Å²) in [5, 5.41) is 0. The minimum Gasteiger partial charge on any atom is -0.455 e. The maximum absolute atomic E-state index is 6.71. The van der Waals surface area contributed by atoms with E-state index in [1.807, 2.05) is 0 Å². The highest BCUT2D eigenvalue weighted by molar-refractivity contribution is 6.84. The molecular weight excluding hydrogens is 785 g/mol. The van der Waals surface area contributed by atoms with Gasteiger partial charge >= 0.3 is 0 Å². The second-order valence-electron chi connectivity index (χ2n) is 20.9. The van der Waals surface area contributed by atoms with E-state index in [-0.39, 0.29) is 29.7 Å². The van der Waals surface area contributed by atoms with Gasteiger partial charge in [-0.25, -0.2) is 0 Å². The minimum atomic E-state index is -1.46. The molecule has 0 fully saturated rings. The van der Waals surface area contributed by atoms with Crippen LogP contribution in [0.5, 0.6) is 0 Å². The van der Waals surface area contributed by atoms with E-state index in [9.17, 15) is 0 Å². The van der Waals surface area contributed by atoms with Crippen molar-refractivity contribution in [3.05, 3.63) is 0 Å². The number of hydrogen-bond donors (Lipinski definition) is 0. The number of rotatable bonds is 29. The Bertz CT molecular complexity index is 772. The first-order valence-corrected chi connectivity index (χ1v) is 32.5. The highest BCUT2D eigenvalue weighted by Crippen LogP contribution is 2.34. The normalized spacial score (nSPS) is 12.9. The zero-order chi connectivity index (χ0) is 46.5. The smallest absolute Gasteiger partial charge is 0.173 e. The Morgan fingerprint density at radius 2 is 0.774 bits per heavy atom. The van der Waals surface area contributed by atoms with Crippen molar-refractivity contribution < 1.29 is 8.85 Å². The largest absolute Gasteiger partial charge is 0.455 e. The SMILES string of the molecule is C.C.C.C.CCC(C)(CC)CC.CCC(C)C[Si](C)(C)O[Si](C)(C)CC(CC)CC.CCC(CC)(CC)CC.CCCC(C)CC(C)CCC.CCCOCCC(C)(CC)CC. The molecule has 0 aromatic carbocycles. The summed E-state index contributed by atoms with van der Waals surface area (Å²) in [7, 11) is -2.92. The summed E-state index contributed by atoms with van der Waals surface area (Å²) in [6.45, 7) is 57.6. The molecule has 0 aromatic rings. The van der Waals surface area contributed by atoms with Gasteiger partial charge in [0.25, 0.3) is 0 Å². The van der Waals surface area contributed by atoms with E-state index in [4.69, 9.17) is 8.85 Å². The van der Waals surface area contributed by atoms with E-state index in [0.717, 1.165) is 43.3 Å². The van der Waals surface area contributed by atoms with Crippen molar-refractivity contribution in [1.29, 1.82) is 0 Å². The predicted molar refractivity (Wildman–Crippen MR) is 306 cm³/mol. The summed E-state index contributed by atoms with van der Waals surface area (Å²) >= 11 is 0. The molecule has 0 saturated heterocycles. The molecule has 0 aromatic heterocycles. The molecule has 0 rings (SSSR count). The van der Waals surface area contributed by atoms with Crippen molar-refractivity contribution in [2.45, 2.75) is 328 Å². The average Bonchev–Trinajstić information content (AvgIpc) is 3.19. The van der Waals surface area contributed by atoms with Crippen LogP contribution >= 0.6 is 0 Å². The van der Waals surface area contributed by atoms with Crippen molar-refractivity contribution in [2.75, 3.05) is 13.2 Å². The number of hydrogen-bond acceptors (Lipinski definition) is 2. The molecule has 3 unspecified atom stereocenters. The van der Waals surface area contributed by atoms with Crippen molar-refractivity contribution in [3.63, 3.8) is 0 Å². The highest BCUT2D eigenvalue weighted by Gasteiger charge is 2.35. The van der Waals surface area contributed by atoms with Crippen LogP contribution in [0, 0.1) is 39.9 Å². The lowest BCUT2D eigenvalue weighted by Gasteiger charge is -2.37. The fourth-order valence-electron chi connectivity index (χ4n) is 8.41. The van der Waals surface area contributed by atoms with E-state index in [1.165, 1.54) is 128 Å². The Balaban J connectivity index is -0.0000000820. The predicted octanol–water partition coefficient (Wildman–Crippen LogP) is 23.2. The fraction of sp³-hybridized carbons (Fsp3) is 1.00. The van der Waals surface area contributed by atoms with Gasteiger partial charge in [-0.15, -0.1) is 0 Å². The maximum Gasteiger partial charge on any atom is 0.173 e. The van der Waals surface area contributed by atoms with Gasteiger partial charge in [-0.05, 0) is 97.5 Å². The van der Waals surface area contributed by atoms with Gasteiger partial charge in [0.05, 0.1) is 0 Å². The van der Waals surface area contributed by atoms with Gasteiger partial charge in [-0.3, -0.25) is 0 Å². The third kappa shape index (κ3) is 48.3. The Hall–Kier alpha value is 0.354. The minimum absolute atomic E-state index is 0. The summed E-state index contributed by atoms with van der Waals surface area (Å²) in [6.07, 6.45) is 25.1. The van der Waals surface area contributed by atoms with Crippen LogP contribution in [0.3, 0.4) is 0 Å². The molecule has 62 heavy (non-hydrogen) atoms. The molecule has 0 aliphatic carbocycles. The van der Waals surface area contributed by atoms with Gasteiger partial charge in [0.1, 0.15) is 0 Å². The van der Waals surface area contributed by atoms with Crippen LogP contribution < -0.4 is 0 Å². The van der Waals surface area contributed by atoms with E-state index in [2.05, 4.69) is 165 Å². The quantitative estimate of drug-likeness (QED) is 0.0550. The van der Waals surface area contributed by atoms with Gasteiger partial charge < -0.3 is 8.85 Å². The van der Waals surface area contributed by atoms with Crippen LogP contribution in [0.15, 0.2) is 0 Å². The Morgan fingerprint density at radius 3 is 1.02 bits per heavy atom. The first kappa shape index (κ1) is 82.5. The Kier molecular flexibility index (Phi) is 65.5. The lowest BCUT2D eigenvalue weighted by Crippen LogP contribution is -2.46. The lowest BCUT2D eigenvalue weighted by molar-refractivity contribution is 0.0959. The van der Waals surface area contributed by atoms with Crippen LogP contribution in [-0.4, -0.2) is 29.8 Å². The molecule has 4 heteroatoms. The molecular formula is C58H138O2Si2. The van der Waals surface area contributed by atoms with Crippen LogP contribution in [0.2, 0.25) is 38.3 Å². The van der Waals surface area contributed by atoms with Crippen molar-refractivity contribution in [2.24, 2.45) is 39.9 Å². The van der Waals surface area contributed by atoms with E-state index < -0.39 is 16.6 Å². The van der Waals surface area contributed by atoms with E-state index in [1.54, 1.807) is 0 Å². The van der Waals surface area contributed by atoms with Crippen LogP contribution in [0.4, 0.5) is 0 Å². The first-order chi connectivity index (χ1) is 27.0. The molecule has 0 N–H and O–H groups in total. The van der Waals surface area contributed by atoms with Crippen LogP contribution in [0.25, 0.3) is 0 Å². The van der Waals surface area contributed by atoms with Gasteiger partial charge in [-0.2, -0.15) is 0 Å². The van der Waals surface area contributed by atoms with E-state index in [0.29, 0.717) is 16.2 Å². The Labute approximate surface area is 405 Å². The number of ether oxygens (including phenoxy) is 1. The van der Waals surface area contributed by atoms with Crippen LogP contribution in [-0.2, 0) is 8.85 Å². The first-order valence-electron chi connectivity index (χ1n) is 26.2. The van der Waals surface area contributed by atoms with Crippen LogP contribution in [0.1, 0.15) is 290 Å². The Morgan fingerprint density at radius 1 is 0.419 bits per heavy atom. The summed E-state index contributed by atoms with van der Waals surface area (Å²) in [5.74, 6) is 3.59. The molecule has 0 amide bonds. The molecule has 0 heterocycles. The zero-order valence-corrected chi connectivity index (χ0v) is 47.9. The highest BCUT2D eigenvalue weighted by atomic mass is 28.4. The van der Waals surface area contributed by atoms with Gasteiger partial charge in [-0.1, -0.05) is 271 Å². The van der Waals surface area contributed by atoms with Gasteiger partial charge in [0.2, 0.25) is 0 Å². The molecule has 0 bridgehead atoms. The molecule has 0 aliphatic rings. The van der Waals surface area contributed by atoms with Crippen molar-refractivity contribution >= 4 is 16.6 Å². The molecule has 3 atom stereocenters. The summed E-state index contributed by atoms with van der Waals surface area (Å²) < 4.78 is 12.2. The van der Waals surface area contributed by atoms with Crippen molar-refractivity contribution in [3.8, 4) is 0 Å². The topological polar surface area (TPSA) is 18.5 Å². The van der Waals surface area contributed by atoms with Gasteiger partial charge in [0, 0.05) is 13.2 Å². The average molecular weight is 924 g/mol. The molecule has 0 spiro atoms. The molecule has 390 valence electrons. The molecule has 0 aliphatic heterocycles. The zero-order valence-electron chi connectivity index (χ0n) is 45.9. The van der Waals surface area contributed by atoms with Gasteiger partial charge in [0.15, 0.2) is 16.6 Å². The standard InChI is InChI=1S/C15H36OSi2.C11H24O.C11H24.C9H20.C8H18.4CH4/c1-9-14(4)12-17(5,6)16-18(7,8)13-15(10-2)11-3;1-5-9-12-10-8-11(4,6-2)7-3;1-5-7-10(3)9-11(4)8-6-2;1-5-9(6-2,7-3)8-4;1-5-8(4,6-2)7-3;;;;/h14-15H,9-13H2,1-8H3;5-10H2,1-4H3;10-11H,5-9H2,1-4H3;5-8H2,1-4H3;5-7H2,1-4H3;4*1H4. The second kappa shape index (κ2) is 49.3. The summed E-state index contributed by atoms with van der Waals surface area (Å²) in [4.78, 5) is 0. The fourth-order valence-corrected chi connectivity index (χ4v) is 19.0. The lowest BCUT2D eigenvalue weighted by atomic mass is 9.78. The third-order valence-corrected chi connectivity index (χ3v) is 22.5. The molecule has 0 saturated carbocycles. The summed E-state index contributed by atoms with van der Waals surface area (Å²) in [6, 6.07) is 2.67. The van der Waals surface area contributed by atoms with Crippen molar-refractivity contribution in [1.82, 2.24) is 0 Å². The summed E-state index contributed by atoms with van der Waals surface area (Å²) in [5.41, 5.74) is 1.80. The monoisotopic (exact) mass is 923 g/mol. The second-order valence-corrected chi connectivity index (χ2v) is 29.6.